The van der Waals surface area contributed by atoms with Crippen molar-refractivity contribution in [3.05, 3.63) is 28.8 Å². The SMILES string of the molecule is CSC1(CNC(=O)Nc2cc(C(=O)O)ccc2Cl)CCC1. The molecular weight excluding hydrogens is 312 g/mol. The number of nitrogens with one attached hydrogen (secondary N) is 2. The lowest BCUT2D eigenvalue weighted by Gasteiger charge is -2.40. The number of thioether (sulfide) groups is 1. The van der Waals surface area contributed by atoms with Gasteiger partial charge in [0.05, 0.1) is 16.3 Å². The minimum absolute atomic E-state index is 0.0780. The van der Waals surface area contributed by atoms with Gasteiger partial charge in [0, 0.05) is 11.3 Å². The molecule has 5 nitrogen and oxygen atoms in total. The topological polar surface area (TPSA) is 78.4 Å². The Hall–Kier alpha value is -1.40. The number of amides is 2. The predicted molar refractivity (Wildman–Crippen MR) is 85.5 cm³/mol. The second-order valence-electron chi connectivity index (χ2n) is 5.05. The third-order valence-corrected chi connectivity index (χ3v) is 5.48. The summed E-state index contributed by atoms with van der Waals surface area (Å²) < 4.78 is 0.143. The number of carboxylic acids is 1. The second kappa shape index (κ2) is 6.58. The summed E-state index contributed by atoms with van der Waals surface area (Å²) in [4.78, 5) is 22.8. The van der Waals surface area contributed by atoms with Gasteiger partial charge in [-0.2, -0.15) is 11.8 Å². The van der Waals surface area contributed by atoms with Crippen LogP contribution < -0.4 is 10.6 Å². The lowest BCUT2D eigenvalue weighted by atomic mass is 9.84. The molecule has 0 atom stereocenters. The molecule has 2 amide bonds. The summed E-state index contributed by atoms with van der Waals surface area (Å²) in [5.41, 5.74) is 0.371. The number of rotatable bonds is 5. The predicted octanol–water partition coefficient (Wildman–Crippen LogP) is 3.45. The summed E-state index contributed by atoms with van der Waals surface area (Å²) in [5.74, 6) is -1.06. The standard InChI is InChI=1S/C14H17ClN2O3S/c1-21-14(5-2-6-14)8-16-13(20)17-11-7-9(12(18)19)3-4-10(11)15/h3-4,7H,2,5-6,8H2,1H3,(H,18,19)(H2,16,17,20). The molecule has 1 aromatic rings. The smallest absolute Gasteiger partial charge is 0.335 e. The normalized spacial score (nSPS) is 15.9. The molecule has 2 rings (SSSR count). The van der Waals surface area contributed by atoms with Crippen molar-refractivity contribution in [2.75, 3.05) is 18.1 Å². The van der Waals surface area contributed by atoms with E-state index in [1.54, 1.807) is 11.8 Å². The van der Waals surface area contributed by atoms with Crippen LogP contribution in [0.15, 0.2) is 18.2 Å². The van der Waals surface area contributed by atoms with Crippen LogP contribution in [0.5, 0.6) is 0 Å². The number of urea groups is 1. The lowest BCUT2D eigenvalue weighted by Crippen LogP contribution is -2.46. The van der Waals surface area contributed by atoms with Crippen LogP contribution in [0.25, 0.3) is 0 Å². The van der Waals surface area contributed by atoms with Crippen LogP contribution in [0.1, 0.15) is 29.6 Å². The molecule has 0 aromatic heterocycles. The van der Waals surface area contributed by atoms with Gasteiger partial charge >= 0.3 is 12.0 Å². The summed E-state index contributed by atoms with van der Waals surface area (Å²) >= 11 is 7.73. The molecule has 0 bridgehead atoms. The summed E-state index contributed by atoms with van der Waals surface area (Å²) in [7, 11) is 0. The Morgan fingerprint density at radius 2 is 2.14 bits per heavy atom. The van der Waals surface area contributed by atoms with E-state index in [1.807, 2.05) is 6.26 Å². The summed E-state index contributed by atoms with van der Waals surface area (Å²) in [6.45, 7) is 0.593. The maximum absolute atomic E-state index is 11.9. The van der Waals surface area contributed by atoms with Gasteiger partial charge in [-0.25, -0.2) is 9.59 Å². The monoisotopic (exact) mass is 328 g/mol. The minimum atomic E-state index is -1.06. The summed E-state index contributed by atoms with van der Waals surface area (Å²) in [5, 5.41) is 14.7. The first kappa shape index (κ1) is 16.0. The van der Waals surface area contributed by atoms with Crippen molar-refractivity contribution in [1.29, 1.82) is 0 Å². The van der Waals surface area contributed by atoms with Gasteiger partial charge in [-0.3, -0.25) is 0 Å². The fourth-order valence-electron chi connectivity index (χ4n) is 2.19. The molecule has 0 saturated heterocycles. The van der Waals surface area contributed by atoms with Crippen LogP contribution in [0.3, 0.4) is 0 Å². The maximum atomic E-state index is 11.9. The number of anilines is 1. The highest BCUT2D eigenvalue weighted by atomic mass is 35.5. The van der Waals surface area contributed by atoms with E-state index in [4.69, 9.17) is 16.7 Å². The fraction of sp³-hybridized carbons (Fsp3) is 0.429. The first-order chi connectivity index (χ1) is 9.96. The van der Waals surface area contributed by atoms with Crippen LogP contribution in [0, 0.1) is 0 Å². The number of hydrogen-bond acceptors (Lipinski definition) is 3. The van der Waals surface area contributed by atoms with E-state index in [1.165, 1.54) is 24.6 Å². The number of hydrogen-bond donors (Lipinski definition) is 3. The molecule has 7 heteroatoms. The van der Waals surface area contributed by atoms with E-state index < -0.39 is 5.97 Å². The quantitative estimate of drug-likeness (QED) is 0.773. The van der Waals surface area contributed by atoms with E-state index in [2.05, 4.69) is 10.6 Å². The average molecular weight is 329 g/mol. The first-order valence-corrected chi connectivity index (χ1v) is 8.19. The third-order valence-electron chi connectivity index (χ3n) is 3.73. The van der Waals surface area contributed by atoms with E-state index in [-0.39, 0.29) is 16.3 Å². The van der Waals surface area contributed by atoms with Crippen molar-refractivity contribution in [2.45, 2.75) is 24.0 Å². The van der Waals surface area contributed by atoms with Crippen molar-refractivity contribution < 1.29 is 14.7 Å². The Bertz CT molecular complexity index is 556. The summed E-state index contributed by atoms with van der Waals surface area (Å²) in [6, 6.07) is 3.82. The molecule has 1 aliphatic rings. The van der Waals surface area contributed by atoms with Crippen LogP contribution in [0.4, 0.5) is 10.5 Å². The van der Waals surface area contributed by atoms with Gasteiger partial charge in [0.25, 0.3) is 0 Å². The molecule has 1 aliphatic carbocycles. The molecule has 0 spiro atoms. The van der Waals surface area contributed by atoms with Gasteiger partial charge in [-0.05, 0) is 37.3 Å². The average Bonchev–Trinajstić information content (AvgIpc) is 2.40. The van der Waals surface area contributed by atoms with Crippen molar-refractivity contribution >= 4 is 41.1 Å². The minimum Gasteiger partial charge on any atom is -0.478 e. The van der Waals surface area contributed by atoms with Gasteiger partial charge in [0.15, 0.2) is 0 Å². The van der Waals surface area contributed by atoms with E-state index in [0.29, 0.717) is 17.3 Å². The maximum Gasteiger partial charge on any atom is 0.335 e. The van der Waals surface area contributed by atoms with Crippen molar-refractivity contribution in [3.63, 3.8) is 0 Å². The molecule has 1 saturated carbocycles. The Morgan fingerprint density at radius 3 is 2.67 bits per heavy atom. The Morgan fingerprint density at radius 1 is 1.43 bits per heavy atom. The van der Waals surface area contributed by atoms with Gasteiger partial charge in [0.1, 0.15) is 0 Å². The van der Waals surface area contributed by atoms with Gasteiger partial charge in [-0.15, -0.1) is 0 Å². The van der Waals surface area contributed by atoms with Gasteiger partial charge < -0.3 is 15.7 Å². The van der Waals surface area contributed by atoms with Gasteiger partial charge in [-0.1, -0.05) is 18.0 Å². The van der Waals surface area contributed by atoms with Crippen LogP contribution in [-0.4, -0.2) is 34.7 Å². The largest absolute Gasteiger partial charge is 0.478 e. The van der Waals surface area contributed by atoms with Crippen LogP contribution in [-0.2, 0) is 0 Å². The highest BCUT2D eigenvalue weighted by molar-refractivity contribution is 8.00. The zero-order valence-electron chi connectivity index (χ0n) is 11.6. The lowest BCUT2D eigenvalue weighted by molar-refractivity contribution is 0.0697. The molecule has 21 heavy (non-hydrogen) atoms. The van der Waals surface area contributed by atoms with Crippen molar-refractivity contribution in [1.82, 2.24) is 5.32 Å². The Labute approximate surface area is 132 Å². The Balaban J connectivity index is 1.96. The molecule has 1 fully saturated rings. The zero-order chi connectivity index (χ0) is 15.5. The van der Waals surface area contributed by atoms with Crippen molar-refractivity contribution in [2.24, 2.45) is 0 Å². The number of carbonyl (C=O) groups excluding carboxylic acids is 1. The number of carbonyl (C=O) groups is 2. The molecule has 1 aromatic carbocycles. The van der Waals surface area contributed by atoms with E-state index in [0.717, 1.165) is 12.8 Å². The fourth-order valence-corrected chi connectivity index (χ4v) is 3.26. The first-order valence-electron chi connectivity index (χ1n) is 6.59. The van der Waals surface area contributed by atoms with E-state index in [9.17, 15) is 9.59 Å². The molecular formula is C14H17ClN2O3S. The van der Waals surface area contributed by atoms with Gasteiger partial charge in [0.2, 0.25) is 0 Å². The molecule has 114 valence electrons. The second-order valence-corrected chi connectivity index (χ2v) is 6.73. The molecule has 0 unspecified atom stereocenters. The third kappa shape index (κ3) is 3.83. The summed E-state index contributed by atoms with van der Waals surface area (Å²) in [6.07, 6.45) is 5.44. The Kier molecular flexibility index (Phi) is 5.00. The molecule has 0 radical (unpaired) electrons. The highest BCUT2D eigenvalue weighted by Gasteiger charge is 2.36. The molecule has 3 N–H and O–H groups in total. The van der Waals surface area contributed by atoms with E-state index >= 15 is 0 Å². The van der Waals surface area contributed by atoms with Crippen LogP contribution >= 0.6 is 23.4 Å². The molecule has 0 heterocycles. The number of aromatic carboxylic acids is 1. The number of halogens is 1. The highest BCUT2D eigenvalue weighted by Crippen LogP contribution is 2.42. The number of carboxylic acid groups (broad SMARTS) is 1. The van der Waals surface area contributed by atoms with Crippen molar-refractivity contribution in [3.8, 4) is 0 Å². The van der Waals surface area contributed by atoms with Crippen LogP contribution in [0.2, 0.25) is 5.02 Å². The molecule has 0 aliphatic heterocycles. The number of benzene rings is 1. The zero-order valence-corrected chi connectivity index (χ0v) is 13.2.